The maximum Gasteiger partial charge on any atom is 0.314 e. The Balaban J connectivity index is 3.40. The smallest absolute Gasteiger partial charge is 0.314 e. The van der Waals surface area contributed by atoms with Crippen LogP contribution in [0.4, 0.5) is 4.79 Å². The summed E-state index contributed by atoms with van der Waals surface area (Å²) in [6.45, 7) is 6.48. The molecule has 0 aliphatic carbocycles. The molecule has 0 aromatic heterocycles. The monoisotopic (exact) mass is 186 g/mol. The standard InChI is InChI=1S/C10H22N2O/c1-8(2)6-5-7-9(3)12-10(13)11-4/h8-9H,5-7H2,1-4H3,(H2,11,12,13). The quantitative estimate of drug-likeness (QED) is 0.678. The molecule has 0 saturated heterocycles. The van der Waals surface area contributed by atoms with E-state index in [0.29, 0.717) is 0 Å². The van der Waals surface area contributed by atoms with E-state index in [1.807, 2.05) is 6.92 Å². The van der Waals surface area contributed by atoms with Crippen LogP contribution in [0.15, 0.2) is 0 Å². The molecule has 0 fully saturated rings. The van der Waals surface area contributed by atoms with Crippen LogP contribution in [-0.2, 0) is 0 Å². The molecule has 3 heteroatoms. The van der Waals surface area contributed by atoms with Crippen LogP contribution in [0.1, 0.15) is 40.0 Å². The SMILES string of the molecule is CNC(=O)NC(C)CCCC(C)C. The van der Waals surface area contributed by atoms with Crippen molar-refractivity contribution >= 4 is 6.03 Å². The Morgan fingerprint density at radius 1 is 1.23 bits per heavy atom. The molecule has 0 aromatic carbocycles. The molecule has 78 valence electrons. The van der Waals surface area contributed by atoms with E-state index in [9.17, 15) is 4.79 Å². The molecule has 0 aliphatic heterocycles. The van der Waals surface area contributed by atoms with Crippen molar-refractivity contribution in [1.29, 1.82) is 0 Å². The van der Waals surface area contributed by atoms with Gasteiger partial charge in [0.25, 0.3) is 0 Å². The van der Waals surface area contributed by atoms with E-state index in [1.54, 1.807) is 7.05 Å². The molecular formula is C10H22N2O. The van der Waals surface area contributed by atoms with Crippen molar-refractivity contribution in [2.24, 2.45) is 5.92 Å². The van der Waals surface area contributed by atoms with Crippen LogP contribution >= 0.6 is 0 Å². The summed E-state index contributed by atoms with van der Waals surface area (Å²) in [7, 11) is 1.64. The normalized spacial score (nSPS) is 12.7. The highest BCUT2D eigenvalue weighted by Crippen LogP contribution is 2.07. The van der Waals surface area contributed by atoms with Gasteiger partial charge in [0.2, 0.25) is 0 Å². The summed E-state index contributed by atoms with van der Waals surface area (Å²) in [6, 6.07) is 0.191. The lowest BCUT2D eigenvalue weighted by atomic mass is 10.0. The third-order valence-electron chi connectivity index (χ3n) is 2.02. The second-order valence-corrected chi connectivity index (χ2v) is 3.95. The number of rotatable bonds is 5. The van der Waals surface area contributed by atoms with Gasteiger partial charge < -0.3 is 10.6 Å². The van der Waals surface area contributed by atoms with Gasteiger partial charge in [-0.1, -0.05) is 26.7 Å². The van der Waals surface area contributed by atoms with Crippen molar-refractivity contribution in [2.75, 3.05) is 7.05 Å². The molecule has 1 atom stereocenters. The van der Waals surface area contributed by atoms with Crippen LogP contribution in [0, 0.1) is 5.92 Å². The van der Waals surface area contributed by atoms with Crippen LogP contribution in [0.25, 0.3) is 0 Å². The van der Waals surface area contributed by atoms with E-state index < -0.39 is 0 Å². The van der Waals surface area contributed by atoms with Crippen molar-refractivity contribution in [3.05, 3.63) is 0 Å². The third-order valence-corrected chi connectivity index (χ3v) is 2.02. The van der Waals surface area contributed by atoms with E-state index in [2.05, 4.69) is 24.5 Å². The van der Waals surface area contributed by atoms with Gasteiger partial charge in [0, 0.05) is 13.1 Å². The zero-order chi connectivity index (χ0) is 10.3. The first kappa shape index (κ1) is 12.3. The summed E-state index contributed by atoms with van der Waals surface area (Å²) in [5.74, 6) is 0.757. The number of urea groups is 1. The van der Waals surface area contributed by atoms with Crippen LogP contribution in [0.2, 0.25) is 0 Å². The topological polar surface area (TPSA) is 41.1 Å². The Morgan fingerprint density at radius 2 is 1.85 bits per heavy atom. The van der Waals surface area contributed by atoms with Crippen LogP contribution in [-0.4, -0.2) is 19.1 Å². The molecule has 0 heterocycles. The number of carbonyl (C=O) groups is 1. The van der Waals surface area contributed by atoms with Gasteiger partial charge in [-0.15, -0.1) is 0 Å². The van der Waals surface area contributed by atoms with Gasteiger partial charge in [-0.25, -0.2) is 4.79 Å². The number of amides is 2. The summed E-state index contributed by atoms with van der Waals surface area (Å²) in [4.78, 5) is 10.9. The summed E-state index contributed by atoms with van der Waals surface area (Å²) >= 11 is 0. The van der Waals surface area contributed by atoms with Gasteiger partial charge in [-0.05, 0) is 19.3 Å². The van der Waals surface area contributed by atoms with Crippen molar-refractivity contribution in [3.8, 4) is 0 Å². The van der Waals surface area contributed by atoms with Gasteiger partial charge in [-0.3, -0.25) is 0 Å². The van der Waals surface area contributed by atoms with Crippen LogP contribution in [0.3, 0.4) is 0 Å². The van der Waals surface area contributed by atoms with Gasteiger partial charge in [0.1, 0.15) is 0 Å². The predicted molar refractivity (Wildman–Crippen MR) is 55.7 cm³/mol. The van der Waals surface area contributed by atoms with Gasteiger partial charge in [0.05, 0.1) is 0 Å². The maximum atomic E-state index is 10.9. The summed E-state index contributed by atoms with van der Waals surface area (Å²) < 4.78 is 0. The highest BCUT2D eigenvalue weighted by Gasteiger charge is 2.04. The van der Waals surface area contributed by atoms with Gasteiger partial charge >= 0.3 is 6.03 Å². The number of hydrogen-bond acceptors (Lipinski definition) is 1. The van der Waals surface area contributed by atoms with E-state index in [-0.39, 0.29) is 12.1 Å². The summed E-state index contributed by atoms with van der Waals surface area (Å²) in [5.41, 5.74) is 0. The molecule has 2 N–H and O–H groups in total. The minimum absolute atomic E-state index is 0.0861. The van der Waals surface area contributed by atoms with Crippen LogP contribution < -0.4 is 10.6 Å². The molecule has 13 heavy (non-hydrogen) atoms. The fourth-order valence-corrected chi connectivity index (χ4v) is 1.20. The molecule has 0 rings (SSSR count). The fraction of sp³-hybridized carbons (Fsp3) is 0.900. The zero-order valence-corrected chi connectivity index (χ0v) is 9.18. The van der Waals surface area contributed by atoms with Crippen LogP contribution in [0.5, 0.6) is 0 Å². The predicted octanol–water partition coefficient (Wildman–Crippen LogP) is 2.13. The molecule has 0 aromatic rings. The third kappa shape index (κ3) is 7.62. The van der Waals surface area contributed by atoms with E-state index >= 15 is 0 Å². The Kier molecular flexibility index (Phi) is 6.37. The largest absolute Gasteiger partial charge is 0.341 e. The number of carbonyl (C=O) groups excluding carboxylic acids is 1. The highest BCUT2D eigenvalue weighted by molar-refractivity contribution is 5.73. The molecule has 0 bridgehead atoms. The first-order chi connectivity index (χ1) is 6.06. The van der Waals surface area contributed by atoms with E-state index in [4.69, 9.17) is 0 Å². The lowest BCUT2D eigenvalue weighted by Gasteiger charge is -2.13. The first-order valence-electron chi connectivity index (χ1n) is 5.04. The Labute approximate surface area is 81.3 Å². The second kappa shape index (κ2) is 6.75. The van der Waals surface area contributed by atoms with Crippen molar-refractivity contribution < 1.29 is 4.79 Å². The van der Waals surface area contributed by atoms with Crippen molar-refractivity contribution in [2.45, 2.75) is 46.1 Å². The minimum atomic E-state index is -0.0861. The molecule has 3 nitrogen and oxygen atoms in total. The molecule has 0 spiro atoms. The van der Waals surface area contributed by atoms with E-state index in [0.717, 1.165) is 12.3 Å². The summed E-state index contributed by atoms with van der Waals surface area (Å²) in [5, 5.41) is 5.40. The van der Waals surface area contributed by atoms with E-state index in [1.165, 1.54) is 12.8 Å². The molecule has 2 amide bonds. The average Bonchev–Trinajstić information content (AvgIpc) is 2.03. The van der Waals surface area contributed by atoms with Gasteiger partial charge in [-0.2, -0.15) is 0 Å². The molecular weight excluding hydrogens is 164 g/mol. The number of hydrogen-bond donors (Lipinski definition) is 2. The van der Waals surface area contributed by atoms with Gasteiger partial charge in [0.15, 0.2) is 0 Å². The lowest BCUT2D eigenvalue weighted by molar-refractivity contribution is 0.239. The number of nitrogens with one attached hydrogen (secondary N) is 2. The Bertz CT molecular complexity index is 146. The fourth-order valence-electron chi connectivity index (χ4n) is 1.20. The Morgan fingerprint density at radius 3 is 2.31 bits per heavy atom. The van der Waals surface area contributed by atoms with Crippen molar-refractivity contribution in [3.63, 3.8) is 0 Å². The average molecular weight is 186 g/mol. The second-order valence-electron chi connectivity index (χ2n) is 3.95. The zero-order valence-electron chi connectivity index (χ0n) is 9.18. The molecule has 0 saturated carbocycles. The minimum Gasteiger partial charge on any atom is -0.341 e. The van der Waals surface area contributed by atoms with Crippen molar-refractivity contribution in [1.82, 2.24) is 10.6 Å². The molecule has 0 radical (unpaired) electrons. The lowest BCUT2D eigenvalue weighted by Crippen LogP contribution is -2.38. The summed E-state index contributed by atoms with van der Waals surface area (Å²) in [6.07, 6.45) is 3.48. The molecule has 1 unspecified atom stereocenters. The maximum absolute atomic E-state index is 10.9. The molecule has 0 aliphatic rings. The Hall–Kier alpha value is -0.730. The first-order valence-corrected chi connectivity index (χ1v) is 5.04. The highest BCUT2D eigenvalue weighted by atomic mass is 16.2.